The number of nitrogens with one attached hydrogen (secondary N) is 1. The molecule has 2 aromatic rings. The Kier molecular flexibility index (Phi) is 5.28. The van der Waals surface area contributed by atoms with Crippen LogP contribution in [0.25, 0.3) is 0 Å². The van der Waals surface area contributed by atoms with Gasteiger partial charge in [0.25, 0.3) is 0 Å². The minimum Gasteiger partial charge on any atom is -0.310 e. The Morgan fingerprint density at radius 2 is 2.00 bits per heavy atom. The highest BCUT2D eigenvalue weighted by Gasteiger charge is 2.07. The fourth-order valence-corrected chi connectivity index (χ4v) is 3.41. The average Bonchev–Trinajstić information content (AvgIpc) is 2.73. The fraction of sp³-hybridized carbons (Fsp3) is 0.333. The van der Waals surface area contributed by atoms with Crippen LogP contribution in [0.3, 0.4) is 0 Å². The monoisotopic (exact) mass is 313 g/mol. The molecule has 0 saturated heterocycles. The Bertz CT molecular complexity index is 551. The number of hydrogen-bond acceptors (Lipinski definition) is 2. The molecule has 102 valence electrons. The molecule has 1 aromatic heterocycles. The highest BCUT2D eigenvalue weighted by atomic mass is 35.5. The van der Waals surface area contributed by atoms with Gasteiger partial charge in [0.15, 0.2) is 0 Å². The molecule has 1 unspecified atom stereocenters. The van der Waals surface area contributed by atoms with Crippen LogP contribution in [0.2, 0.25) is 10.0 Å². The molecule has 0 amide bonds. The fourth-order valence-electron chi connectivity index (χ4n) is 1.92. The first kappa shape index (κ1) is 14.9. The van der Waals surface area contributed by atoms with Crippen molar-refractivity contribution < 1.29 is 0 Å². The molecule has 0 radical (unpaired) electrons. The predicted octanol–water partition coefficient (Wildman–Crippen LogP) is 5.08. The highest BCUT2D eigenvalue weighted by Crippen LogP contribution is 2.21. The highest BCUT2D eigenvalue weighted by molar-refractivity contribution is 7.11. The van der Waals surface area contributed by atoms with E-state index in [2.05, 4.69) is 31.3 Å². The van der Waals surface area contributed by atoms with E-state index >= 15 is 0 Å². The molecule has 0 aliphatic rings. The first-order valence-electron chi connectivity index (χ1n) is 6.27. The molecular formula is C15H17Cl2NS. The van der Waals surface area contributed by atoms with Gasteiger partial charge in [-0.25, -0.2) is 0 Å². The maximum absolute atomic E-state index is 6.15. The molecule has 0 bridgehead atoms. The molecule has 19 heavy (non-hydrogen) atoms. The lowest BCUT2D eigenvalue weighted by molar-refractivity contribution is 0.549. The van der Waals surface area contributed by atoms with E-state index in [1.165, 1.54) is 9.75 Å². The van der Waals surface area contributed by atoms with E-state index in [1.54, 1.807) is 6.07 Å². The zero-order valence-corrected chi connectivity index (χ0v) is 13.4. The number of aryl methyl sites for hydroxylation is 1. The third-order valence-corrected chi connectivity index (χ3v) is 4.57. The normalized spacial score (nSPS) is 12.6. The number of halogens is 2. The molecule has 0 spiro atoms. The summed E-state index contributed by atoms with van der Waals surface area (Å²) in [4.78, 5) is 2.78. The molecule has 2 rings (SSSR count). The second-order valence-corrected chi connectivity index (χ2v) is 6.95. The van der Waals surface area contributed by atoms with Crippen LogP contribution < -0.4 is 5.32 Å². The summed E-state index contributed by atoms with van der Waals surface area (Å²) < 4.78 is 0. The Morgan fingerprint density at radius 1 is 1.21 bits per heavy atom. The number of thiophene rings is 1. The Labute approximate surface area is 128 Å². The zero-order valence-electron chi connectivity index (χ0n) is 11.0. The lowest BCUT2D eigenvalue weighted by atomic mass is 10.1. The van der Waals surface area contributed by atoms with Crippen LogP contribution in [0.1, 0.15) is 22.2 Å². The van der Waals surface area contributed by atoms with Crippen molar-refractivity contribution in [2.75, 3.05) is 0 Å². The summed E-state index contributed by atoms with van der Waals surface area (Å²) in [6, 6.07) is 10.4. The van der Waals surface area contributed by atoms with Crippen molar-refractivity contribution in [2.45, 2.75) is 32.9 Å². The van der Waals surface area contributed by atoms with Gasteiger partial charge in [0.2, 0.25) is 0 Å². The van der Waals surface area contributed by atoms with E-state index in [9.17, 15) is 0 Å². The van der Waals surface area contributed by atoms with Crippen molar-refractivity contribution in [3.8, 4) is 0 Å². The Balaban J connectivity index is 1.87. The number of rotatable bonds is 5. The summed E-state index contributed by atoms with van der Waals surface area (Å²) in [5.41, 5.74) is 1.08. The first-order chi connectivity index (χ1) is 9.04. The van der Waals surface area contributed by atoms with Gasteiger partial charge in [0.1, 0.15) is 0 Å². The zero-order chi connectivity index (χ0) is 13.8. The third-order valence-electron chi connectivity index (χ3n) is 2.96. The van der Waals surface area contributed by atoms with Crippen LogP contribution in [0.15, 0.2) is 30.3 Å². The Morgan fingerprint density at radius 3 is 2.63 bits per heavy atom. The first-order valence-corrected chi connectivity index (χ1v) is 7.84. The van der Waals surface area contributed by atoms with Crippen LogP contribution in [0.5, 0.6) is 0 Å². The topological polar surface area (TPSA) is 12.0 Å². The Hall–Kier alpha value is -0.540. The van der Waals surface area contributed by atoms with Crippen molar-refractivity contribution in [3.05, 3.63) is 55.7 Å². The second-order valence-electron chi connectivity index (χ2n) is 4.73. The molecule has 1 nitrogen and oxygen atoms in total. The maximum Gasteiger partial charge on any atom is 0.0465 e. The smallest absolute Gasteiger partial charge is 0.0465 e. The lowest BCUT2D eigenvalue weighted by Crippen LogP contribution is -2.27. The SMILES string of the molecule is Cc1ccc(CC(C)NCc2ccc(Cl)cc2Cl)s1. The van der Waals surface area contributed by atoms with Crippen LogP contribution >= 0.6 is 34.5 Å². The van der Waals surface area contributed by atoms with Gasteiger partial charge in [-0.15, -0.1) is 11.3 Å². The van der Waals surface area contributed by atoms with E-state index in [0.717, 1.165) is 23.6 Å². The summed E-state index contributed by atoms with van der Waals surface area (Å²) >= 11 is 13.9. The van der Waals surface area contributed by atoms with Crippen LogP contribution in [0.4, 0.5) is 0 Å². The van der Waals surface area contributed by atoms with Crippen molar-refractivity contribution in [1.82, 2.24) is 5.32 Å². The minimum absolute atomic E-state index is 0.421. The summed E-state index contributed by atoms with van der Waals surface area (Å²) in [5, 5.41) is 4.89. The number of benzene rings is 1. The molecule has 0 fully saturated rings. The summed E-state index contributed by atoms with van der Waals surface area (Å²) in [5.74, 6) is 0. The van der Waals surface area contributed by atoms with Gasteiger partial charge in [-0.1, -0.05) is 29.3 Å². The van der Waals surface area contributed by atoms with Crippen LogP contribution in [-0.4, -0.2) is 6.04 Å². The molecule has 0 aliphatic heterocycles. The van der Waals surface area contributed by atoms with Crippen molar-refractivity contribution in [3.63, 3.8) is 0 Å². The van der Waals surface area contributed by atoms with Crippen LogP contribution in [0, 0.1) is 6.92 Å². The maximum atomic E-state index is 6.15. The van der Waals surface area contributed by atoms with Crippen molar-refractivity contribution >= 4 is 34.5 Å². The summed E-state index contributed by atoms with van der Waals surface area (Å²) in [6.07, 6.45) is 1.05. The number of hydrogen-bond donors (Lipinski definition) is 1. The van der Waals surface area contributed by atoms with Gasteiger partial charge in [0, 0.05) is 32.4 Å². The lowest BCUT2D eigenvalue weighted by Gasteiger charge is -2.13. The second kappa shape index (κ2) is 6.76. The minimum atomic E-state index is 0.421. The summed E-state index contributed by atoms with van der Waals surface area (Å²) in [7, 11) is 0. The molecule has 0 aliphatic carbocycles. The standard InChI is InChI=1S/C15H17Cl2NS/c1-10(7-14-6-3-11(2)19-14)18-9-12-4-5-13(16)8-15(12)17/h3-6,8,10,18H,7,9H2,1-2H3. The molecular weight excluding hydrogens is 297 g/mol. The molecule has 0 saturated carbocycles. The molecule has 4 heteroatoms. The predicted molar refractivity (Wildman–Crippen MR) is 85.5 cm³/mol. The third kappa shape index (κ3) is 4.50. The largest absolute Gasteiger partial charge is 0.310 e. The summed E-state index contributed by atoms with van der Waals surface area (Å²) in [6.45, 7) is 5.10. The average molecular weight is 314 g/mol. The quantitative estimate of drug-likeness (QED) is 0.811. The molecule has 1 aromatic carbocycles. The van der Waals surface area contributed by atoms with E-state index < -0.39 is 0 Å². The van der Waals surface area contributed by atoms with Gasteiger partial charge in [-0.05, 0) is 50.1 Å². The van der Waals surface area contributed by atoms with Gasteiger partial charge in [-0.3, -0.25) is 0 Å². The van der Waals surface area contributed by atoms with Gasteiger partial charge in [-0.2, -0.15) is 0 Å². The van der Waals surface area contributed by atoms with Gasteiger partial charge >= 0.3 is 0 Å². The van der Waals surface area contributed by atoms with Gasteiger partial charge in [0.05, 0.1) is 0 Å². The van der Waals surface area contributed by atoms with E-state index in [-0.39, 0.29) is 0 Å². The van der Waals surface area contributed by atoms with E-state index in [4.69, 9.17) is 23.2 Å². The molecule has 1 heterocycles. The van der Waals surface area contributed by atoms with E-state index in [0.29, 0.717) is 11.1 Å². The van der Waals surface area contributed by atoms with Crippen molar-refractivity contribution in [2.24, 2.45) is 0 Å². The van der Waals surface area contributed by atoms with Crippen molar-refractivity contribution in [1.29, 1.82) is 0 Å². The van der Waals surface area contributed by atoms with Gasteiger partial charge < -0.3 is 5.32 Å². The molecule has 1 atom stereocenters. The molecule has 1 N–H and O–H groups in total. The van der Waals surface area contributed by atoms with E-state index in [1.807, 2.05) is 23.5 Å². The van der Waals surface area contributed by atoms with Crippen LogP contribution in [-0.2, 0) is 13.0 Å².